The van der Waals surface area contributed by atoms with Crippen LogP contribution >= 0.6 is 23.2 Å². The molecule has 3 N–H and O–H groups in total. The van der Waals surface area contributed by atoms with E-state index in [0.29, 0.717) is 46.3 Å². The summed E-state index contributed by atoms with van der Waals surface area (Å²) in [7, 11) is 0. The van der Waals surface area contributed by atoms with Crippen molar-refractivity contribution in [3.05, 3.63) is 64.4 Å². The Labute approximate surface area is 214 Å². The van der Waals surface area contributed by atoms with Gasteiger partial charge in [-0.25, -0.2) is 4.98 Å². The molecule has 2 aromatic carbocycles. The van der Waals surface area contributed by atoms with Crippen LogP contribution in [0.4, 0.5) is 11.8 Å². The molecule has 1 saturated heterocycles. The second-order valence-corrected chi connectivity index (χ2v) is 9.54. The molecule has 2 atom stereocenters. The average Bonchev–Trinajstić information content (AvgIpc) is 3.27. The number of H-pyrrole nitrogens is 1. The first-order valence-electron chi connectivity index (χ1n) is 11.7. The molecule has 10 heteroatoms. The van der Waals surface area contributed by atoms with E-state index in [0.717, 1.165) is 42.2 Å². The van der Waals surface area contributed by atoms with Gasteiger partial charge in [-0.2, -0.15) is 9.97 Å². The van der Waals surface area contributed by atoms with Crippen molar-refractivity contribution in [3.63, 3.8) is 0 Å². The number of hydrogen-bond acceptors (Lipinski definition) is 7. The molecule has 5 rings (SSSR count). The van der Waals surface area contributed by atoms with Gasteiger partial charge in [0.05, 0.1) is 22.6 Å². The van der Waals surface area contributed by atoms with Gasteiger partial charge in [-0.15, -0.1) is 0 Å². The van der Waals surface area contributed by atoms with Gasteiger partial charge in [0.1, 0.15) is 17.4 Å². The molecule has 2 unspecified atom stereocenters. The summed E-state index contributed by atoms with van der Waals surface area (Å²) in [6, 6.07) is 15.6. The molecule has 35 heavy (non-hydrogen) atoms. The number of nitrogens with one attached hydrogen (secondary N) is 3. The zero-order chi connectivity index (χ0) is 24.4. The molecule has 182 valence electrons. The zero-order valence-electron chi connectivity index (χ0n) is 19.6. The number of para-hydroxylation sites is 2. The number of ether oxygens (including phenoxy) is 1. The molecule has 1 aliphatic heterocycles. The summed E-state index contributed by atoms with van der Waals surface area (Å²) in [6.45, 7) is 6.49. The minimum atomic E-state index is 0.339. The number of benzene rings is 2. The number of piperazine rings is 1. The Bertz CT molecular complexity index is 1300. The molecule has 0 radical (unpaired) electrons. The van der Waals surface area contributed by atoms with Crippen molar-refractivity contribution in [2.24, 2.45) is 0 Å². The maximum Gasteiger partial charge on any atom is 0.228 e. The molecular formula is C25H27Cl2N7O. The fourth-order valence-electron chi connectivity index (χ4n) is 4.24. The fraction of sp³-hybridized carbons (Fsp3) is 0.320. The summed E-state index contributed by atoms with van der Waals surface area (Å²) in [5.41, 5.74) is 1.90. The second-order valence-electron chi connectivity index (χ2n) is 8.70. The Morgan fingerprint density at radius 2 is 1.94 bits per heavy atom. The third-order valence-electron chi connectivity index (χ3n) is 5.92. The molecule has 0 saturated carbocycles. The molecule has 8 nitrogen and oxygen atoms in total. The number of aromatic nitrogens is 4. The van der Waals surface area contributed by atoms with E-state index in [2.05, 4.69) is 44.3 Å². The van der Waals surface area contributed by atoms with E-state index in [-0.39, 0.29) is 0 Å². The Hall–Kier alpha value is -3.07. The predicted molar refractivity (Wildman–Crippen MR) is 141 cm³/mol. The van der Waals surface area contributed by atoms with Crippen LogP contribution in [0.25, 0.3) is 11.0 Å². The van der Waals surface area contributed by atoms with Crippen LogP contribution in [0.3, 0.4) is 0 Å². The Balaban J connectivity index is 1.43. The Morgan fingerprint density at radius 1 is 1.09 bits per heavy atom. The van der Waals surface area contributed by atoms with Crippen LogP contribution in [-0.4, -0.2) is 45.1 Å². The number of rotatable bonds is 7. The van der Waals surface area contributed by atoms with Crippen LogP contribution in [0.15, 0.2) is 48.5 Å². The summed E-state index contributed by atoms with van der Waals surface area (Å²) < 4.78 is 6.07. The smallest absolute Gasteiger partial charge is 0.228 e. The van der Waals surface area contributed by atoms with E-state index in [9.17, 15) is 0 Å². The van der Waals surface area contributed by atoms with Gasteiger partial charge in [-0.3, -0.25) is 0 Å². The normalized spacial score (nSPS) is 18.1. The van der Waals surface area contributed by atoms with E-state index >= 15 is 0 Å². The second kappa shape index (κ2) is 10.3. The zero-order valence-corrected chi connectivity index (χ0v) is 21.1. The van der Waals surface area contributed by atoms with Gasteiger partial charge in [0.15, 0.2) is 0 Å². The topological polar surface area (TPSA) is 91.0 Å². The maximum absolute atomic E-state index is 6.35. The lowest BCUT2D eigenvalue weighted by Gasteiger charge is -2.38. The summed E-state index contributed by atoms with van der Waals surface area (Å²) in [6.07, 6.45) is 1.03. The van der Waals surface area contributed by atoms with Gasteiger partial charge in [0.2, 0.25) is 11.8 Å². The number of fused-ring (bicyclic) bond motifs is 1. The SMILES string of the molecule is CCC1CN(c2cc(Oc3ccc(Cl)cc3Cl)nc(NCc3nc4ccccc4[nH]3)n2)CC(C)N1. The number of imidazole rings is 1. The summed E-state index contributed by atoms with van der Waals surface area (Å²) >= 11 is 12.4. The molecule has 4 aromatic rings. The van der Waals surface area contributed by atoms with Gasteiger partial charge < -0.3 is 25.3 Å². The number of hydrogen-bond donors (Lipinski definition) is 3. The van der Waals surface area contributed by atoms with E-state index in [1.165, 1.54) is 0 Å². The fourth-order valence-corrected chi connectivity index (χ4v) is 4.69. The van der Waals surface area contributed by atoms with Gasteiger partial charge in [-0.05, 0) is 43.7 Å². The molecule has 0 aliphatic carbocycles. The minimum Gasteiger partial charge on any atom is -0.437 e. The summed E-state index contributed by atoms with van der Waals surface area (Å²) in [5.74, 6) is 2.90. The molecule has 0 bridgehead atoms. The van der Waals surface area contributed by atoms with E-state index < -0.39 is 0 Å². The van der Waals surface area contributed by atoms with Crippen molar-refractivity contribution in [2.75, 3.05) is 23.3 Å². The van der Waals surface area contributed by atoms with Crippen LogP contribution in [0.5, 0.6) is 11.6 Å². The third kappa shape index (κ3) is 5.61. The van der Waals surface area contributed by atoms with Gasteiger partial charge in [0, 0.05) is 36.3 Å². The van der Waals surface area contributed by atoms with Crippen molar-refractivity contribution in [1.82, 2.24) is 25.3 Å². The lowest BCUT2D eigenvalue weighted by Crippen LogP contribution is -2.55. The van der Waals surface area contributed by atoms with E-state index in [1.807, 2.05) is 30.3 Å². The van der Waals surface area contributed by atoms with Crippen LogP contribution < -0.4 is 20.3 Å². The van der Waals surface area contributed by atoms with Crippen LogP contribution in [-0.2, 0) is 6.54 Å². The summed E-state index contributed by atoms with van der Waals surface area (Å²) in [4.78, 5) is 19.6. The third-order valence-corrected chi connectivity index (χ3v) is 6.45. The average molecular weight is 512 g/mol. The number of nitrogens with zero attached hydrogens (tertiary/aromatic N) is 4. The van der Waals surface area contributed by atoms with Gasteiger partial charge in [-0.1, -0.05) is 42.3 Å². The first-order valence-corrected chi connectivity index (χ1v) is 12.4. The molecule has 0 spiro atoms. The van der Waals surface area contributed by atoms with E-state index in [4.69, 9.17) is 32.9 Å². The highest BCUT2D eigenvalue weighted by atomic mass is 35.5. The molecule has 2 aromatic heterocycles. The molecule has 1 fully saturated rings. The Kier molecular flexibility index (Phi) is 6.95. The first-order chi connectivity index (χ1) is 17.0. The van der Waals surface area contributed by atoms with Gasteiger partial charge >= 0.3 is 0 Å². The monoisotopic (exact) mass is 511 g/mol. The van der Waals surface area contributed by atoms with E-state index in [1.54, 1.807) is 18.2 Å². The highest BCUT2D eigenvalue weighted by Gasteiger charge is 2.25. The van der Waals surface area contributed by atoms with Crippen LogP contribution in [0.1, 0.15) is 26.1 Å². The van der Waals surface area contributed by atoms with Crippen molar-refractivity contribution in [3.8, 4) is 11.6 Å². The van der Waals surface area contributed by atoms with Crippen LogP contribution in [0.2, 0.25) is 10.0 Å². The van der Waals surface area contributed by atoms with Crippen molar-refractivity contribution < 1.29 is 4.74 Å². The maximum atomic E-state index is 6.35. The minimum absolute atomic E-state index is 0.339. The van der Waals surface area contributed by atoms with Gasteiger partial charge in [0.25, 0.3) is 0 Å². The Morgan fingerprint density at radius 3 is 2.74 bits per heavy atom. The molecular weight excluding hydrogens is 485 g/mol. The highest BCUT2D eigenvalue weighted by molar-refractivity contribution is 6.35. The molecule has 0 amide bonds. The van der Waals surface area contributed by atoms with Crippen molar-refractivity contribution >= 4 is 46.0 Å². The number of halogens is 2. The lowest BCUT2D eigenvalue weighted by molar-refractivity contribution is 0.378. The van der Waals surface area contributed by atoms with Crippen LogP contribution in [0, 0.1) is 0 Å². The lowest BCUT2D eigenvalue weighted by atomic mass is 10.1. The van der Waals surface area contributed by atoms with Crippen molar-refractivity contribution in [1.29, 1.82) is 0 Å². The number of aromatic amines is 1. The standard InChI is InChI=1S/C25H27Cl2N7O/c1-3-17-14-34(13-15(2)29-17)23-11-24(35-21-9-8-16(26)10-18(21)27)33-25(32-23)28-12-22-30-19-6-4-5-7-20(19)31-22/h4-11,15,17,29H,3,12-14H2,1-2H3,(H,30,31)(H,28,32,33). The summed E-state index contributed by atoms with van der Waals surface area (Å²) in [5, 5.41) is 7.88. The number of anilines is 2. The molecule has 1 aliphatic rings. The molecule has 3 heterocycles. The highest BCUT2D eigenvalue weighted by Crippen LogP contribution is 2.32. The first kappa shape index (κ1) is 23.7. The van der Waals surface area contributed by atoms with Crippen molar-refractivity contribution in [2.45, 2.75) is 38.9 Å². The largest absolute Gasteiger partial charge is 0.437 e. The predicted octanol–water partition coefficient (Wildman–Crippen LogP) is 5.64. The quantitative estimate of drug-likeness (QED) is 0.295.